The minimum Gasteiger partial charge on any atom is -0.307 e. The monoisotopic (exact) mass is 363 g/mol. The van der Waals surface area contributed by atoms with Crippen molar-refractivity contribution in [1.82, 2.24) is 5.32 Å². The Labute approximate surface area is 139 Å². The van der Waals surface area contributed by atoms with E-state index in [-0.39, 0.29) is 0 Å². The van der Waals surface area contributed by atoms with E-state index in [0.717, 1.165) is 9.50 Å². The lowest BCUT2D eigenvalue weighted by Gasteiger charge is -2.38. The summed E-state index contributed by atoms with van der Waals surface area (Å²) in [5.74, 6) is 0.603. The summed E-state index contributed by atoms with van der Waals surface area (Å²) in [5.41, 5.74) is 2.62. The first-order valence-corrected chi connectivity index (χ1v) is 8.56. The van der Waals surface area contributed by atoms with E-state index in [4.69, 9.17) is 11.6 Å². The van der Waals surface area contributed by atoms with Crippen molar-refractivity contribution >= 4 is 27.5 Å². The van der Waals surface area contributed by atoms with Gasteiger partial charge in [-0.05, 0) is 55.0 Å². The van der Waals surface area contributed by atoms with E-state index < -0.39 is 0 Å². The van der Waals surface area contributed by atoms with E-state index in [1.807, 2.05) is 12.1 Å². The molecule has 3 heteroatoms. The predicted octanol–water partition coefficient (Wildman–Crippen LogP) is 5.70. The Kier molecular flexibility index (Phi) is 4.68. The maximum atomic E-state index is 6.27. The second-order valence-electron chi connectivity index (χ2n) is 5.83. The lowest BCUT2D eigenvalue weighted by molar-refractivity contribution is 0.271. The molecule has 0 aromatic heterocycles. The van der Waals surface area contributed by atoms with Gasteiger partial charge >= 0.3 is 0 Å². The fraction of sp³-hybridized carbons (Fsp3) is 0.333. The Bertz CT molecular complexity index is 622. The van der Waals surface area contributed by atoms with Crippen LogP contribution in [0.3, 0.4) is 0 Å². The predicted molar refractivity (Wildman–Crippen MR) is 92.9 cm³/mol. The zero-order chi connectivity index (χ0) is 14.8. The van der Waals surface area contributed by atoms with Crippen molar-refractivity contribution in [3.8, 4) is 0 Å². The van der Waals surface area contributed by atoms with Gasteiger partial charge in [-0.15, -0.1) is 0 Å². The third-order valence-electron chi connectivity index (χ3n) is 4.32. The highest BCUT2D eigenvalue weighted by Crippen LogP contribution is 2.40. The average molecular weight is 365 g/mol. The van der Waals surface area contributed by atoms with Crippen LogP contribution < -0.4 is 5.32 Å². The Hall–Kier alpha value is -0.830. The fourth-order valence-corrected chi connectivity index (χ4v) is 3.75. The largest absolute Gasteiger partial charge is 0.307 e. The molecule has 1 nitrogen and oxygen atoms in total. The Morgan fingerprint density at radius 3 is 2.62 bits per heavy atom. The zero-order valence-electron chi connectivity index (χ0n) is 12.0. The highest BCUT2D eigenvalue weighted by molar-refractivity contribution is 9.10. The van der Waals surface area contributed by atoms with E-state index in [0.29, 0.717) is 18.0 Å². The maximum absolute atomic E-state index is 6.27. The minimum absolute atomic E-state index is 0.375. The number of rotatable bonds is 4. The van der Waals surface area contributed by atoms with Crippen LogP contribution in [-0.2, 0) is 0 Å². The van der Waals surface area contributed by atoms with Crippen LogP contribution in [0.5, 0.6) is 0 Å². The van der Waals surface area contributed by atoms with Gasteiger partial charge in [0.1, 0.15) is 0 Å². The lowest BCUT2D eigenvalue weighted by Crippen LogP contribution is -2.41. The van der Waals surface area contributed by atoms with Crippen LogP contribution in [0.1, 0.15) is 42.9 Å². The van der Waals surface area contributed by atoms with Crippen molar-refractivity contribution in [2.24, 2.45) is 0 Å². The van der Waals surface area contributed by atoms with E-state index in [9.17, 15) is 0 Å². The van der Waals surface area contributed by atoms with E-state index in [1.54, 1.807) is 0 Å². The molecule has 2 aromatic rings. The van der Waals surface area contributed by atoms with Gasteiger partial charge in [-0.2, -0.15) is 0 Å². The van der Waals surface area contributed by atoms with Gasteiger partial charge in [0.15, 0.2) is 0 Å². The fourth-order valence-electron chi connectivity index (χ4n) is 3.04. The highest BCUT2D eigenvalue weighted by Gasteiger charge is 2.32. The Balaban J connectivity index is 1.56. The van der Waals surface area contributed by atoms with Crippen LogP contribution in [0.4, 0.5) is 0 Å². The summed E-state index contributed by atoms with van der Waals surface area (Å²) in [5, 5.41) is 4.62. The summed E-state index contributed by atoms with van der Waals surface area (Å²) >= 11 is 9.81. The van der Waals surface area contributed by atoms with E-state index >= 15 is 0 Å². The van der Waals surface area contributed by atoms with E-state index in [2.05, 4.69) is 64.6 Å². The molecule has 0 heterocycles. The second kappa shape index (κ2) is 6.51. The molecule has 0 aliphatic heterocycles. The first-order chi connectivity index (χ1) is 10.1. The minimum atomic E-state index is 0.375. The van der Waals surface area contributed by atoms with Crippen LogP contribution >= 0.6 is 27.5 Å². The van der Waals surface area contributed by atoms with Gasteiger partial charge in [0.2, 0.25) is 0 Å². The molecule has 21 heavy (non-hydrogen) atoms. The summed E-state index contributed by atoms with van der Waals surface area (Å²) in [4.78, 5) is 0. The molecule has 1 aliphatic rings. The normalized spacial score (nSPS) is 22.6. The van der Waals surface area contributed by atoms with Gasteiger partial charge in [-0.1, -0.05) is 57.9 Å². The number of benzene rings is 2. The zero-order valence-corrected chi connectivity index (χ0v) is 14.4. The molecule has 1 fully saturated rings. The van der Waals surface area contributed by atoms with Gasteiger partial charge in [0.05, 0.1) is 0 Å². The molecule has 0 saturated heterocycles. The molecule has 1 atom stereocenters. The molecule has 0 amide bonds. The molecule has 2 aromatic carbocycles. The van der Waals surface area contributed by atoms with Gasteiger partial charge in [0.25, 0.3) is 0 Å². The number of nitrogens with one attached hydrogen (secondary N) is 1. The SMILES string of the molecule is C[C@H](NC1CC(c2ccccc2Cl)C1)c1cccc(Br)c1. The van der Waals surface area contributed by atoms with Crippen molar-refractivity contribution in [3.63, 3.8) is 0 Å². The summed E-state index contributed by atoms with van der Waals surface area (Å²) in [6, 6.07) is 17.7. The summed E-state index contributed by atoms with van der Waals surface area (Å²) in [7, 11) is 0. The van der Waals surface area contributed by atoms with Crippen molar-refractivity contribution < 1.29 is 0 Å². The molecule has 0 spiro atoms. The second-order valence-corrected chi connectivity index (χ2v) is 7.15. The molecule has 0 bridgehead atoms. The Morgan fingerprint density at radius 1 is 1.14 bits per heavy atom. The first kappa shape index (κ1) is 15.1. The molecule has 1 aliphatic carbocycles. The molecule has 0 radical (unpaired) electrons. The van der Waals surface area contributed by atoms with Crippen LogP contribution in [0, 0.1) is 0 Å². The molecule has 3 rings (SSSR count). The average Bonchev–Trinajstić information content (AvgIpc) is 2.43. The summed E-state index contributed by atoms with van der Waals surface area (Å²) in [6.45, 7) is 2.23. The molecule has 1 saturated carbocycles. The summed E-state index contributed by atoms with van der Waals surface area (Å²) < 4.78 is 1.14. The van der Waals surface area contributed by atoms with Crippen molar-refractivity contribution in [1.29, 1.82) is 0 Å². The molecule has 0 unspecified atom stereocenters. The molecular weight excluding hydrogens is 346 g/mol. The van der Waals surface area contributed by atoms with Gasteiger partial charge < -0.3 is 5.32 Å². The van der Waals surface area contributed by atoms with Gasteiger partial charge in [0, 0.05) is 21.6 Å². The Morgan fingerprint density at radius 2 is 1.90 bits per heavy atom. The molecule has 1 N–H and O–H groups in total. The number of hydrogen-bond acceptors (Lipinski definition) is 1. The first-order valence-electron chi connectivity index (χ1n) is 7.39. The van der Waals surface area contributed by atoms with Crippen LogP contribution in [0.2, 0.25) is 5.02 Å². The maximum Gasteiger partial charge on any atom is 0.0440 e. The van der Waals surface area contributed by atoms with Crippen LogP contribution in [0.15, 0.2) is 53.0 Å². The van der Waals surface area contributed by atoms with Gasteiger partial charge in [-0.3, -0.25) is 0 Å². The standard InChI is InChI=1S/C18H19BrClN/c1-12(13-5-4-6-15(19)9-13)21-16-10-14(11-16)17-7-2-3-8-18(17)20/h2-9,12,14,16,21H,10-11H2,1H3/t12-,14?,16?/m0/s1. The van der Waals surface area contributed by atoms with E-state index in [1.165, 1.54) is 24.0 Å². The number of halogens is 2. The molecular formula is C18H19BrClN. The smallest absolute Gasteiger partial charge is 0.0440 e. The topological polar surface area (TPSA) is 12.0 Å². The van der Waals surface area contributed by atoms with Crippen molar-refractivity contribution in [3.05, 3.63) is 69.2 Å². The molecule has 110 valence electrons. The van der Waals surface area contributed by atoms with Gasteiger partial charge in [-0.25, -0.2) is 0 Å². The van der Waals surface area contributed by atoms with Crippen LogP contribution in [-0.4, -0.2) is 6.04 Å². The third kappa shape index (κ3) is 3.50. The van der Waals surface area contributed by atoms with Crippen LogP contribution in [0.25, 0.3) is 0 Å². The highest BCUT2D eigenvalue weighted by atomic mass is 79.9. The van der Waals surface area contributed by atoms with Crippen molar-refractivity contribution in [2.45, 2.75) is 37.8 Å². The quantitative estimate of drug-likeness (QED) is 0.734. The summed E-state index contributed by atoms with van der Waals surface area (Å²) in [6.07, 6.45) is 2.34. The lowest BCUT2D eigenvalue weighted by atomic mass is 9.75. The third-order valence-corrected chi connectivity index (χ3v) is 5.15. The number of hydrogen-bond donors (Lipinski definition) is 1. The van der Waals surface area contributed by atoms with Crippen molar-refractivity contribution in [2.75, 3.05) is 0 Å².